The molecular weight excluding hydrogens is 452 g/mol. The molecule has 8 nitrogen and oxygen atoms in total. The maximum atomic E-state index is 13.0. The van der Waals surface area contributed by atoms with E-state index in [0.29, 0.717) is 28.2 Å². The minimum atomic E-state index is -3.86. The van der Waals surface area contributed by atoms with E-state index in [2.05, 4.69) is 15.0 Å². The van der Waals surface area contributed by atoms with E-state index in [1.807, 2.05) is 13.0 Å². The van der Waals surface area contributed by atoms with E-state index >= 15 is 0 Å². The molecule has 0 bridgehead atoms. The monoisotopic (exact) mass is 476 g/mol. The molecular formula is C25H24N4O4S. The van der Waals surface area contributed by atoms with Gasteiger partial charge in [-0.05, 0) is 80.4 Å². The van der Waals surface area contributed by atoms with Crippen LogP contribution in [-0.2, 0) is 10.0 Å². The van der Waals surface area contributed by atoms with Gasteiger partial charge in [0.2, 0.25) is 0 Å². The number of imidazole rings is 1. The van der Waals surface area contributed by atoms with Crippen LogP contribution in [0.25, 0.3) is 5.69 Å². The first kappa shape index (κ1) is 23.1. The number of carbonyl (C=O) groups excluding carboxylic acids is 1. The van der Waals surface area contributed by atoms with Crippen molar-refractivity contribution >= 4 is 27.3 Å². The molecule has 0 aliphatic carbocycles. The maximum absolute atomic E-state index is 13.0. The van der Waals surface area contributed by atoms with Crippen molar-refractivity contribution in [1.29, 1.82) is 0 Å². The van der Waals surface area contributed by atoms with E-state index in [9.17, 15) is 18.0 Å². The second kappa shape index (κ2) is 9.03. The molecule has 0 spiro atoms. The van der Waals surface area contributed by atoms with Crippen LogP contribution in [0.15, 0.2) is 82.6 Å². The van der Waals surface area contributed by atoms with Crippen molar-refractivity contribution in [2.24, 2.45) is 0 Å². The summed E-state index contributed by atoms with van der Waals surface area (Å²) in [7, 11) is -3.86. The predicted octanol–water partition coefficient (Wildman–Crippen LogP) is 4.14. The molecule has 4 aromatic rings. The fourth-order valence-electron chi connectivity index (χ4n) is 3.63. The topological polar surface area (TPSA) is 113 Å². The van der Waals surface area contributed by atoms with Crippen LogP contribution in [0.3, 0.4) is 0 Å². The zero-order valence-electron chi connectivity index (χ0n) is 18.9. The SMILES string of the molecule is Cc1cccc(NS(=O)(=O)c2cc(NC(=O)c3ccc(-n4c(C)c[nH]c4=O)cc3)ccc2C)c1. The number of aromatic amines is 1. The van der Waals surface area contributed by atoms with Gasteiger partial charge in [-0.25, -0.2) is 13.2 Å². The third-order valence-electron chi connectivity index (χ3n) is 5.35. The van der Waals surface area contributed by atoms with Gasteiger partial charge in [-0.1, -0.05) is 18.2 Å². The van der Waals surface area contributed by atoms with Crippen LogP contribution in [-0.4, -0.2) is 23.9 Å². The lowest BCUT2D eigenvalue weighted by Crippen LogP contribution is -2.17. The van der Waals surface area contributed by atoms with Crippen LogP contribution in [0, 0.1) is 20.8 Å². The molecule has 3 N–H and O–H groups in total. The molecule has 1 amide bonds. The summed E-state index contributed by atoms with van der Waals surface area (Å²) < 4.78 is 30.1. The van der Waals surface area contributed by atoms with Gasteiger partial charge < -0.3 is 10.3 Å². The van der Waals surface area contributed by atoms with Gasteiger partial charge in [0.1, 0.15) is 0 Å². The highest BCUT2D eigenvalue weighted by molar-refractivity contribution is 7.92. The van der Waals surface area contributed by atoms with Crippen LogP contribution in [0.4, 0.5) is 11.4 Å². The Labute approximate surface area is 197 Å². The normalized spacial score (nSPS) is 11.3. The smallest absolute Gasteiger partial charge is 0.322 e. The highest BCUT2D eigenvalue weighted by atomic mass is 32.2. The number of sulfonamides is 1. The lowest BCUT2D eigenvalue weighted by molar-refractivity contribution is 0.102. The summed E-state index contributed by atoms with van der Waals surface area (Å²) in [6.07, 6.45) is 1.61. The molecule has 0 radical (unpaired) electrons. The molecule has 0 atom stereocenters. The fraction of sp³-hybridized carbons (Fsp3) is 0.120. The third-order valence-corrected chi connectivity index (χ3v) is 6.88. The van der Waals surface area contributed by atoms with Crippen LogP contribution >= 0.6 is 0 Å². The number of rotatable bonds is 6. The number of anilines is 2. The van der Waals surface area contributed by atoms with Crippen molar-refractivity contribution in [3.05, 3.63) is 106 Å². The first-order valence-electron chi connectivity index (χ1n) is 10.5. The van der Waals surface area contributed by atoms with Crippen molar-refractivity contribution in [2.75, 3.05) is 10.0 Å². The number of H-pyrrole nitrogens is 1. The number of carbonyl (C=O) groups is 1. The van der Waals surface area contributed by atoms with Crippen molar-refractivity contribution < 1.29 is 13.2 Å². The van der Waals surface area contributed by atoms with Crippen LogP contribution in [0.5, 0.6) is 0 Å². The van der Waals surface area contributed by atoms with Crippen LogP contribution < -0.4 is 15.7 Å². The molecule has 3 aromatic carbocycles. The van der Waals surface area contributed by atoms with E-state index in [-0.39, 0.29) is 10.6 Å². The summed E-state index contributed by atoms with van der Waals surface area (Å²) >= 11 is 0. The minimum absolute atomic E-state index is 0.0736. The Morgan fingerprint density at radius 3 is 2.29 bits per heavy atom. The van der Waals surface area contributed by atoms with E-state index < -0.39 is 15.9 Å². The molecule has 34 heavy (non-hydrogen) atoms. The number of aromatic nitrogens is 2. The summed E-state index contributed by atoms with van der Waals surface area (Å²) in [6.45, 7) is 5.37. The first-order chi connectivity index (χ1) is 16.1. The summed E-state index contributed by atoms with van der Waals surface area (Å²) in [5.74, 6) is -0.400. The first-order valence-corrected chi connectivity index (χ1v) is 12.0. The van der Waals surface area contributed by atoms with Crippen molar-refractivity contribution in [3.63, 3.8) is 0 Å². The predicted molar refractivity (Wildman–Crippen MR) is 132 cm³/mol. The zero-order valence-corrected chi connectivity index (χ0v) is 19.7. The number of benzene rings is 3. The zero-order chi connectivity index (χ0) is 24.5. The Balaban J connectivity index is 1.55. The molecule has 0 aliphatic heterocycles. The highest BCUT2D eigenvalue weighted by Gasteiger charge is 2.19. The second-order valence-electron chi connectivity index (χ2n) is 8.03. The minimum Gasteiger partial charge on any atom is -0.322 e. The summed E-state index contributed by atoms with van der Waals surface area (Å²) in [5, 5.41) is 2.74. The average molecular weight is 477 g/mol. The van der Waals surface area contributed by atoms with Gasteiger partial charge >= 0.3 is 5.69 Å². The quantitative estimate of drug-likeness (QED) is 0.388. The largest absolute Gasteiger partial charge is 0.330 e. The van der Waals surface area contributed by atoms with Gasteiger partial charge in [0.25, 0.3) is 15.9 Å². The lowest BCUT2D eigenvalue weighted by atomic mass is 10.1. The Kier molecular flexibility index (Phi) is 6.12. The molecule has 0 unspecified atom stereocenters. The number of nitrogens with one attached hydrogen (secondary N) is 3. The van der Waals surface area contributed by atoms with Crippen LogP contribution in [0.1, 0.15) is 27.2 Å². The molecule has 174 valence electrons. The van der Waals surface area contributed by atoms with E-state index in [0.717, 1.165) is 11.3 Å². The molecule has 0 saturated heterocycles. The van der Waals surface area contributed by atoms with Crippen molar-refractivity contribution in [3.8, 4) is 5.69 Å². The molecule has 0 aliphatic rings. The van der Waals surface area contributed by atoms with Gasteiger partial charge in [-0.2, -0.15) is 0 Å². The van der Waals surface area contributed by atoms with Gasteiger partial charge in [0.05, 0.1) is 10.6 Å². The molecule has 4 rings (SSSR count). The highest BCUT2D eigenvalue weighted by Crippen LogP contribution is 2.24. The lowest BCUT2D eigenvalue weighted by Gasteiger charge is -2.13. The Morgan fingerprint density at radius 2 is 1.65 bits per heavy atom. The number of amides is 1. The van der Waals surface area contributed by atoms with Gasteiger partial charge in [-0.3, -0.25) is 14.1 Å². The Bertz CT molecular complexity index is 1530. The second-order valence-corrected chi connectivity index (χ2v) is 9.68. The summed E-state index contributed by atoms with van der Waals surface area (Å²) in [4.78, 5) is 27.4. The Hall–Kier alpha value is -4.11. The summed E-state index contributed by atoms with van der Waals surface area (Å²) in [5.41, 5.74) is 3.78. The van der Waals surface area contributed by atoms with Gasteiger partial charge in [0, 0.05) is 28.8 Å². The van der Waals surface area contributed by atoms with Gasteiger partial charge in [0.15, 0.2) is 0 Å². The maximum Gasteiger partial charge on any atom is 0.330 e. The number of nitrogens with zero attached hydrogens (tertiary/aromatic N) is 1. The number of hydrogen-bond donors (Lipinski definition) is 3. The summed E-state index contributed by atoms with van der Waals surface area (Å²) in [6, 6.07) is 18.4. The van der Waals surface area contributed by atoms with E-state index in [1.165, 1.54) is 10.6 Å². The fourth-order valence-corrected chi connectivity index (χ4v) is 4.95. The molecule has 1 heterocycles. The molecule has 1 aromatic heterocycles. The number of aryl methyl sites for hydroxylation is 3. The Morgan fingerprint density at radius 1 is 0.912 bits per heavy atom. The average Bonchev–Trinajstić information content (AvgIpc) is 3.12. The van der Waals surface area contributed by atoms with Crippen molar-refractivity contribution in [1.82, 2.24) is 9.55 Å². The van der Waals surface area contributed by atoms with Crippen molar-refractivity contribution in [2.45, 2.75) is 25.7 Å². The van der Waals surface area contributed by atoms with Gasteiger partial charge in [-0.15, -0.1) is 0 Å². The molecule has 0 saturated carbocycles. The van der Waals surface area contributed by atoms with E-state index in [1.54, 1.807) is 74.6 Å². The van der Waals surface area contributed by atoms with Crippen LogP contribution in [0.2, 0.25) is 0 Å². The number of hydrogen-bond acceptors (Lipinski definition) is 4. The third kappa shape index (κ3) is 4.79. The standard InChI is InChI=1S/C25H24N4O4S/c1-16-5-4-6-21(13-16)28-34(32,33)23-14-20(10-7-17(23)2)27-24(30)19-8-11-22(12-9-19)29-18(3)15-26-25(29)31/h4-15,28H,1-3H3,(H,26,31)(H,27,30). The molecule has 9 heteroatoms. The molecule has 0 fully saturated rings. The van der Waals surface area contributed by atoms with E-state index in [4.69, 9.17) is 0 Å².